The lowest BCUT2D eigenvalue weighted by molar-refractivity contribution is 0.0202. The Kier molecular flexibility index (Phi) is 7.14. The molecule has 2 N–H and O–H groups in total. The SMILES string of the molecule is CC(C)c1ccc(NC(=O)NC2CCN(C(=O)OC(C)(C)C)CC2)c(Br)c1. The zero-order valence-corrected chi connectivity index (χ0v) is 18.4. The molecule has 1 aliphatic rings. The molecule has 1 fully saturated rings. The van der Waals surface area contributed by atoms with E-state index in [1.165, 1.54) is 5.56 Å². The molecule has 0 bridgehead atoms. The van der Waals surface area contributed by atoms with Crippen molar-refractivity contribution >= 4 is 33.7 Å². The van der Waals surface area contributed by atoms with E-state index in [4.69, 9.17) is 4.74 Å². The smallest absolute Gasteiger partial charge is 0.410 e. The molecule has 2 rings (SSSR count). The third-order valence-electron chi connectivity index (χ3n) is 4.39. The topological polar surface area (TPSA) is 70.7 Å². The highest BCUT2D eigenvalue weighted by atomic mass is 79.9. The van der Waals surface area contributed by atoms with E-state index in [1.807, 2.05) is 39.0 Å². The average molecular weight is 440 g/mol. The van der Waals surface area contributed by atoms with Gasteiger partial charge in [-0.25, -0.2) is 9.59 Å². The summed E-state index contributed by atoms with van der Waals surface area (Å²) in [5.41, 5.74) is 1.45. The van der Waals surface area contributed by atoms with E-state index in [0.29, 0.717) is 31.8 Å². The van der Waals surface area contributed by atoms with Gasteiger partial charge >= 0.3 is 12.1 Å². The number of likely N-dealkylation sites (tertiary alicyclic amines) is 1. The van der Waals surface area contributed by atoms with Crippen LogP contribution in [0.4, 0.5) is 15.3 Å². The highest BCUT2D eigenvalue weighted by Gasteiger charge is 2.27. The molecule has 1 saturated heterocycles. The van der Waals surface area contributed by atoms with Gasteiger partial charge in [-0.2, -0.15) is 0 Å². The molecule has 0 aromatic heterocycles. The van der Waals surface area contributed by atoms with Crippen molar-refractivity contribution in [2.24, 2.45) is 0 Å². The van der Waals surface area contributed by atoms with Crippen LogP contribution >= 0.6 is 15.9 Å². The van der Waals surface area contributed by atoms with Gasteiger partial charge in [0, 0.05) is 23.6 Å². The standard InChI is InChI=1S/C20H30BrN3O3/c1-13(2)14-6-7-17(16(21)12-14)23-18(25)22-15-8-10-24(11-9-15)19(26)27-20(3,4)5/h6-7,12-13,15H,8-11H2,1-5H3,(H2,22,23,25). The fourth-order valence-electron chi connectivity index (χ4n) is 2.87. The summed E-state index contributed by atoms with van der Waals surface area (Å²) in [5, 5.41) is 5.88. The van der Waals surface area contributed by atoms with Gasteiger partial charge in [-0.3, -0.25) is 0 Å². The van der Waals surface area contributed by atoms with Gasteiger partial charge in [0.15, 0.2) is 0 Å². The van der Waals surface area contributed by atoms with Crippen LogP contribution in [-0.2, 0) is 4.74 Å². The van der Waals surface area contributed by atoms with Crippen molar-refractivity contribution in [1.29, 1.82) is 0 Å². The van der Waals surface area contributed by atoms with Gasteiger partial charge in [0.2, 0.25) is 0 Å². The number of ether oxygens (including phenoxy) is 1. The van der Waals surface area contributed by atoms with Gasteiger partial charge in [-0.15, -0.1) is 0 Å². The summed E-state index contributed by atoms with van der Waals surface area (Å²) < 4.78 is 6.26. The van der Waals surface area contributed by atoms with Crippen molar-refractivity contribution in [2.45, 2.75) is 65.0 Å². The second-order valence-electron chi connectivity index (χ2n) is 8.23. The minimum Gasteiger partial charge on any atom is -0.444 e. The number of hydrogen-bond donors (Lipinski definition) is 2. The van der Waals surface area contributed by atoms with Crippen molar-refractivity contribution in [2.75, 3.05) is 18.4 Å². The van der Waals surface area contributed by atoms with Crippen LogP contribution in [0.2, 0.25) is 0 Å². The van der Waals surface area contributed by atoms with Crippen LogP contribution in [0.15, 0.2) is 22.7 Å². The number of benzene rings is 1. The molecule has 0 unspecified atom stereocenters. The Morgan fingerprint density at radius 2 is 1.85 bits per heavy atom. The molecule has 1 aromatic carbocycles. The number of urea groups is 1. The minimum atomic E-state index is -0.495. The molecular weight excluding hydrogens is 410 g/mol. The third-order valence-corrected chi connectivity index (χ3v) is 5.05. The molecule has 0 atom stereocenters. The first-order valence-electron chi connectivity index (χ1n) is 9.40. The van der Waals surface area contributed by atoms with E-state index < -0.39 is 5.60 Å². The second-order valence-corrected chi connectivity index (χ2v) is 9.09. The predicted octanol–water partition coefficient (Wildman–Crippen LogP) is 5.09. The van der Waals surface area contributed by atoms with Crippen molar-refractivity contribution in [3.8, 4) is 0 Å². The second kappa shape index (κ2) is 8.95. The lowest BCUT2D eigenvalue weighted by Crippen LogP contribution is -2.48. The molecule has 1 aromatic rings. The molecule has 0 spiro atoms. The molecule has 150 valence electrons. The Labute approximate surface area is 170 Å². The highest BCUT2D eigenvalue weighted by molar-refractivity contribution is 9.10. The fourth-order valence-corrected chi connectivity index (χ4v) is 3.36. The fraction of sp³-hybridized carbons (Fsp3) is 0.600. The molecule has 0 aliphatic carbocycles. The van der Waals surface area contributed by atoms with Crippen LogP contribution < -0.4 is 10.6 Å². The Balaban J connectivity index is 1.82. The Morgan fingerprint density at radius 3 is 2.37 bits per heavy atom. The monoisotopic (exact) mass is 439 g/mol. The normalized spacial score (nSPS) is 15.6. The number of nitrogens with zero attached hydrogens (tertiary/aromatic N) is 1. The number of rotatable bonds is 3. The van der Waals surface area contributed by atoms with Gasteiger partial charge in [0.25, 0.3) is 0 Å². The zero-order valence-electron chi connectivity index (χ0n) is 16.8. The van der Waals surface area contributed by atoms with Gasteiger partial charge in [-0.05, 0) is 73.2 Å². The molecule has 6 nitrogen and oxygen atoms in total. The Morgan fingerprint density at radius 1 is 1.22 bits per heavy atom. The number of amides is 3. The lowest BCUT2D eigenvalue weighted by Gasteiger charge is -2.33. The molecule has 7 heteroatoms. The first-order chi connectivity index (χ1) is 12.5. The van der Waals surface area contributed by atoms with Crippen LogP contribution in [0.5, 0.6) is 0 Å². The van der Waals surface area contributed by atoms with Crippen LogP contribution in [0.3, 0.4) is 0 Å². The first-order valence-corrected chi connectivity index (χ1v) is 10.2. The number of carbonyl (C=O) groups excluding carboxylic acids is 2. The number of hydrogen-bond acceptors (Lipinski definition) is 3. The van der Waals surface area contributed by atoms with Crippen molar-refractivity contribution in [1.82, 2.24) is 10.2 Å². The van der Waals surface area contributed by atoms with Gasteiger partial charge < -0.3 is 20.3 Å². The van der Waals surface area contributed by atoms with E-state index in [2.05, 4.69) is 40.4 Å². The van der Waals surface area contributed by atoms with Crippen molar-refractivity contribution < 1.29 is 14.3 Å². The number of halogens is 1. The summed E-state index contributed by atoms with van der Waals surface area (Å²) in [7, 11) is 0. The summed E-state index contributed by atoms with van der Waals surface area (Å²) in [6, 6.07) is 5.76. The van der Waals surface area contributed by atoms with E-state index in [-0.39, 0.29) is 18.2 Å². The van der Waals surface area contributed by atoms with Crippen LogP contribution in [0.25, 0.3) is 0 Å². The van der Waals surface area contributed by atoms with Crippen molar-refractivity contribution in [3.63, 3.8) is 0 Å². The zero-order chi connectivity index (χ0) is 20.2. The molecule has 3 amide bonds. The lowest BCUT2D eigenvalue weighted by atomic mass is 10.0. The molecule has 1 aliphatic heterocycles. The van der Waals surface area contributed by atoms with E-state index in [9.17, 15) is 9.59 Å². The number of carbonyl (C=O) groups is 2. The third kappa shape index (κ3) is 6.72. The summed E-state index contributed by atoms with van der Waals surface area (Å²) >= 11 is 3.52. The highest BCUT2D eigenvalue weighted by Crippen LogP contribution is 2.27. The summed E-state index contributed by atoms with van der Waals surface area (Å²) in [6.45, 7) is 11.0. The summed E-state index contributed by atoms with van der Waals surface area (Å²) in [6.07, 6.45) is 1.12. The maximum Gasteiger partial charge on any atom is 0.410 e. The van der Waals surface area contributed by atoms with Gasteiger partial charge in [0.05, 0.1) is 5.69 Å². The quantitative estimate of drug-likeness (QED) is 0.688. The Hall–Kier alpha value is -1.76. The van der Waals surface area contributed by atoms with E-state index in [0.717, 1.165) is 10.2 Å². The Bertz CT molecular complexity index is 678. The number of piperidine rings is 1. The van der Waals surface area contributed by atoms with Crippen LogP contribution in [-0.4, -0.2) is 41.8 Å². The molecule has 1 heterocycles. The molecule has 0 saturated carbocycles. The van der Waals surface area contributed by atoms with Crippen molar-refractivity contribution in [3.05, 3.63) is 28.2 Å². The molecular formula is C20H30BrN3O3. The predicted molar refractivity (Wildman–Crippen MR) is 111 cm³/mol. The van der Waals surface area contributed by atoms with Gasteiger partial charge in [-0.1, -0.05) is 19.9 Å². The van der Waals surface area contributed by atoms with Crippen LogP contribution in [0.1, 0.15) is 58.9 Å². The summed E-state index contributed by atoms with van der Waals surface area (Å²) in [4.78, 5) is 26.1. The molecule has 0 radical (unpaired) electrons. The number of nitrogens with one attached hydrogen (secondary N) is 2. The van der Waals surface area contributed by atoms with E-state index in [1.54, 1.807) is 4.90 Å². The van der Waals surface area contributed by atoms with Crippen LogP contribution in [0, 0.1) is 0 Å². The van der Waals surface area contributed by atoms with E-state index >= 15 is 0 Å². The largest absolute Gasteiger partial charge is 0.444 e. The van der Waals surface area contributed by atoms with Gasteiger partial charge in [0.1, 0.15) is 5.60 Å². The maximum absolute atomic E-state index is 12.3. The maximum atomic E-state index is 12.3. The summed E-state index contributed by atoms with van der Waals surface area (Å²) in [5.74, 6) is 0.430. The minimum absolute atomic E-state index is 0.0393. The average Bonchev–Trinajstić information content (AvgIpc) is 2.55. The first kappa shape index (κ1) is 21.5. The number of anilines is 1. The molecule has 27 heavy (non-hydrogen) atoms.